The molecule has 1 aromatic carbocycles. The average Bonchev–Trinajstić information content (AvgIpc) is 3.00. The van der Waals surface area contributed by atoms with Crippen molar-refractivity contribution in [2.24, 2.45) is 0 Å². The number of hydrogen-bond donors (Lipinski definition) is 0. The van der Waals surface area contributed by atoms with E-state index in [0.717, 1.165) is 32.0 Å². The molecule has 22 heavy (non-hydrogen) atoms. The lowest BCUT2D eigenvalue weighted by atomic mass is 9.94. The highest BCUT2D eigenvalue weighted by Crippen LogP contribution is 2.37. The van der Waals surface area contributed by atoms with Crippen LogP contribution in [0.5, 0.6) is 0 Å². The van der Waals surface area contributed by atoms with Crippen molar-refractivity contribution in [1.29, 1.82) is 0 Å². The molecule has 0 radical (unpaired) electrons. The predicted molar refractivity (Wildman–Crippen MR) is 90.6 cm³/mol. The van der Waals surface area contributed by atoms with Crippen molar-refractivity contribution >= 4 is 5.82 Å². The predicted octanol–water partition coefficient (Wildman–Crippen LogP) is 2.91. The van der Waals surface area contributed by atoms with E-state index in [4.69, 9.17) is 4.98 Å². The van der Waals surface area contributed by atoms with Gasteiger partial charge >= 0.3 is 0 Å². The van der Waals surface area contributed by atoms with Crippen molar-refractivity contribution < 1.29 is 0 Å². The summed E-state index contributed by atoms with van der Waals surface area (Å²) in [5, 5.41) is 0. The van der Waals surface area contributed by atoms with Gasteiger partial charge in [-0.25, -0.2) is 4.98 Å². The Hall–Kier alpha value is -1.87. The zero-order valence-corrected chi connectivity index (χ0v) is 13.2. The largest absolute Gasteiger partial charge is 0.354 e. The number of piperazine rings is 1. The molecular weight excluding hydrogens is 270 g/mol. The Morgan fingerprint density at radius 2 is 1.82 bits per heavy atom. The van der Waals surface area contributed by atoms with Gasteiger partial charge in [-0.05, 0) is 42.6 Å². The van der Waals surface area contributed by atoms with Crippen LogP contribution in [-0.2, 0) is 6.42 Å². The van der Waals surface area contributed by atoms with Gasteiger partial charge in [0, 0.05) is 38.3 Å². The van der Waals surface area contributed by atoms with Crippen LogP contribution in [-0.4, -0.2) is 43.1 Å². The number of benzene rings is 1. The van der Waals surface area contributed by atoms with Gasteiger partial charge in [-0.1, -0.05) is 30.3 Å². The summed E-state index contributed by atoms with van der Waals surface area (Å²) in [5.74, 6) is 1.66. The second-order valence-corrected chi connectivity index (χ2v) is 6.53. The number of anilines is 1. The van der Waals surface area contributed by atoms with Crippen molar-refractivity contribution in [3.8, 4) is 0 Å². The first-order chi connectivity index (χ1) is 10.8. The molecule has 4 rings (SSSR count). The Morgan fingerprint density at radius 1 is 1.00 bits per heavy atom. The van der Waals surface area contributed by atoms with Crippen molar-refractivity contribution in [2.75, 3.05) is 38.1 Å². The minimum absolute atomic E-state index is 0.533. The van der Waals surface area contributed by atoms with E-state index in [0.29, 0.717) is 5.92 Å². The summed E-state index contributed by atoms with van der Waals surface area (Å²) in [6.07, 6.45) is 4.51. The molecule has 1 fully saturated rings. The van der Waals surface area contributed by atoms with Gasteiger partial charge in [0.1, 0.15) is 5.82 Å². The third kappa shape index (κ3) is 2.50. The third-order valence-corrected chi connectivity index (χ3v) is 5.13. The summed E-state index contributed by atoms with van der Waals surface area (Å²) in [6.45, 7) is 4.41. The molecule has 0 bridgehead atoms. The number of pyridine rings is 1. The first-order valence-corrected chi connectivity index (χ1v) is 8.28. The van der Waals surface area contributed by atoms with E-state index >= 15 is 0 Å². The Balaban J connectivity index is 1.53. The van der Waals surface area contributed by atoms with Crippen LogP contribution in [0.25, 0.3) is 0 Å². The highest BCUT2D eigenvalue weighted by atomic mass is 15.3. The van der Waals surface area contributed by atoms with Crippen LogP contribution in [0.15, 0.2) is 42.6 Å². The van der Waals surface area contributed by atoms with Gasteiger partial charge < -0.3 is 9.80 Å². The van der Waals surface area contributed by atoms with Crippen LogP contribution in [0.4, 0.5) is 5.82 Å². The summed E-state index contributed by atoms with van der Waals surface area (Å²) < 4.78 is 0. The molecule has 3 nitrogen and oxygen atoms in total. The van der Waals surface area contributed by atoms with Gasteiger partial charge in [0.2, 0.25) is 0 Å². The first kappa shape index (κ1) is 13.8. The second-order valence-electron chi connectivity index (χ2n) is 6.53. The molecule has 1 aliphatic carbocycles. The molecule has 2 aromatic rings. The number of hydrogen-bond acceptors (Lipinski definition) is 3. The van der Waals surface area contributed by atoms with Crippen molar-refractivity contribution in [1.82, 2.24) is 9.88 Å². The Kier molecular flexibility index (Phi) is 3.59. The second kappa shape index (κ2) is 5.73. The lowest BCUT2D eigenvalue weighted by Gasteiger charge is -2.33. The van der Waals surface area contributed by atoms with Crippen LogP contribution in [0, 0.1) is 0 Å². The fourth-order valence-corrected chi connectivity index (χ4v) is 3.73. The van der Waals surface area contributed by atoms with Gasteiger partial charge in [-0.15, -0.1) is 0 Å². The van der Waals surface area contributed by atoms with Crippen LogP contribution in [0.1, 0.15) is 29.0 Å². The van der Waals surface area contributed by atoms with E-state index in [1.807, 2.05) is 0 Å². The molecule has 0 N–H and O–H groups in total. The van der Waals surface area contributed by atoms with Crippen LogP contribution in [0.3, 0.4) is 0 Å². The molecule has 114 valence electrons. The molecule has 0 spiro atoms. The van der Waals surface area contributed by atoms with E-state index in [2.05, 4.69) is 59.4 Å². The normalized spacial score (nSPS) is 21.9. The maximum absolute atomic E-state index is 4.75. The molecular formula is C19H23N3. The number of aromatic nitrogens is 1. The number of nitrogens with zero attached hydrogens (tertiary/aromatic N) is 3. The zero-order chi connectivity index (χ0) is 14.9. The van der Waals surface area contributed by atoms with E-state index in [1.54, 1.807) is 0 Å². The fraction of sp³-hybridized carbons (Fsp3) is 0.421. The highest BCUT2D eigenvalue weighted by Gasteiger charge is 2.24. The van der Waals surface area contributed by atoms with E-state index < -0.39 is 0 Å². The van der Waals surface area contributed by atoms with Crippen molar-refractivity contribution in [3.63, 3.8) is 0 Å². The zero-order valence-electron chi connectivity index (χ0n) is 13.2. The lowest BCUT2D eigenvalue weighted by molar-refractivity contribution is 0.312. The maximum Gasteiger partial charge on any atom is 0.128 e. The number of likely N-dealkylation sites (N-methyl/N-ethyl adjacent to an activating group) is 1. The van der Waals surface area contributed by atoms with Gasteiger partial charge in [0.15, 0.2) is 0 Å². The molecule has 1 aromatic heterocycles. The fourth-order valence-electron chi connectivity index (χ4n) is 3.73. The molecule has 1 unspecified atom stereocenters. The van der Waals surface area contributed by atoms with E-state index in [9.17, 15) is 0 Å². The lowest BCUT2D eigenvalue weighted by Crippen LogP contribution is -2.44. The molecule has 2 aliphatic rings. The Bertz CT molecular complexity index is 642. The van der Waals surface area contributed by atoms with Gasteiger partial charge in [0.25, 0.3) is 0 Å². The quantitative estimate of drug-likeness (QED) is 0.849. The third-order valence-electron chi connectivity index (χ3n) is 5.13. The molecule has 0 amide bonds. The molecule has 1 aliphatic heterocycles. The molecule has 2 heterocycles. The molecule has 0 saturated carbocycles. The van der Waals surface area contributed by atoms with Gasteiger partial charge in [0.05, 0.1) is 0 Å². The molecule has 1 atom stereocenters. The Morgan fingerprint density at radius 3 is 2.59 bits per heavy atom. The van der Waals surface area contributed by atoms with Crippen LogP contribution in [0.2, 0.25) is 0 Å². The summed E-state index contributed by atoms with van der Waals surface area (Å²) >= 11 is 0. The number of fused-ring (bicyclic) bond motifs is 1. The van der Waals surface area contributed by atoms with Gasteiger partial charge in [-0.3, -0.25) is 0 Å². The van der Waals surface area contributed by atoms with Crippen molar-refractivity contribution in [3.05, 3.63) is 59.3 Å². The Labute approximate surface area is 132 Å². The van der Waals surface area contributed by atoms with Crippen LogP contribution < -0.4 is 4.90 Å². The number of aryl methyl sites for hydroxylation is 1. The average molecular weight is 293 g/mol. The van der Waals surface area contributed by atoms with E-state index in [1.165, 1.54) is 29.5 Å². The molecule has 3 heteroatoms. The number of rotatable bonds is 2. The monoisotopic (exact) mass is 293 g/mol. The summed E-state index contributed by atoms with van der Waals surface area (Å²) in [6, 6.07) is 13.3. The SMILES string of the molecule is CN1CCN(c2ccc(C3CCc4ccccc43)cn2)CC1. The summed E-state index contributed by atoms with van der Waals surface area (Å²) in [5.41, 5.74) is 4.37. The highest BCUT2D eigenvalue weighted by molar-refractivity contribution is 5.45. The minimum Gasteiger partial charge on any atom is -0.354 e. The standard InChI is InChI=1S/C19H23N3/c1-21-10-12-22(13-11-21)19-9-7-16(14-20-19)18-8-6-15-4-2-3-5-17(15)18/h2-5,7,9,14,18H,6,8,10-13H2,1H3. The molecule has 1 saturated heterocycles. The summed E-state index contributed by atoms with van der Waals surface area (Å²) in [4.78, 5) is 9.52. The van der Waals surface area contributed by atoms with Crippen LogP contribution >= 0.6 is 0 Å². The minimum atomic E-state index is 0.533. The van der Waals surface area contributed by atoms with E-state index in [-0.39, 0.29) is 0 Å². The maximum atomic E-state index is 4.75. The van der Waals surface area contributed by atoms with Crippen molar-refractivity contribution in [2.45, 2.75) is 18.8 Å². The smallest absolute Gasteiger partial charge is 0.128 e. The van der Waals surface area contributed by atoms with Gasteiger partial charge in [-0.2, -0.15) is 0 Å². The topological polar surface area (TPSA) is 19.4 Å². The summed E-state index contributed by atoms with van der Waals surface area (Å²) in [7, 11) is 2.19. The first-order valence-electron chi connectivity index (χ1n) is 8.28.